The van der Waals surface area contributed by atoms with Crippen molar-refractivity contribution < 1.29 is 32.7 Å². The number of nitrogens with one attached hydrogen (secondary N) is 1. The summed E-state index contributed by atoms with van der Waals surface area (Å²) >= 11 is 0. The molecule has 0 fully saturated rings. The molecule has 0 saturated carbocycles. The van der Waals surface area contributed by atoms with Crippen molar-refractivity contribution in [2.45, 2.75) is 18.8 Å². The van der Waals surface area contributed by atoms with Crippen LogP contribution in [0.4, 0.5) is 13.2 Å². The standard InChI is InChI=1S/C25H19F3N2O4/c26-25(27,28)20-11-4-3-10-19(20)21(31)13-29-22(32)16-7-5-6-15(12-16)14-30-23(33)17-8-1-2-9-18(17)24(30)34/h1-12,21,31H,13-14H2,(H,29,32). The Balaban J connectivity index is 1.43. The van der Waals surface area contributed by atoms with Crippen molar-refractivity contribution in [2.75, 3.05) is 6.54 Å². The van der Waals surface area contributed by atoms with Crippen molar-refractivity contribution in [3.8, 4) is 0 Å². The summed E-state index contributed by atoms with van der Waals surface area (Å²) in [6.45, 7) is -0.483. The Morgan fingerprint density at radius 3 is 2.18 bits per heavy atom. The lowest BCUT2D eigenvalue weighted by Crippen LogP contribution is -2.30. The third-order valence-corrected chi connectivity index (χ3v) is 5.49. The minimum Gasteiger partial charge on any atom is -0.387 e. The molecule has 1 aliphatic heterocycles. The van der Waals surface area contributed by atoms with E-state index in [1.165, 1.54) is 24.3 Å². The molecule has 1 atom stereocenters. The first-order valence-electron chi connectivity index (χ1n) is 10.3. The smallest absolute Gasteiger partial charge is 0.387 e. The number of aliphatic hydroxyl groups is 1. The number of imide groups is 1. The number of amides is 3. The topological polar surface area (TPSA) is 86.7 Å². The van der Waals surface area contributed by atoms with Gasteiger partial charge in [-0.1, -0.05) is 42.5 Å². The highest BCUT2D eigenvalue weighted by atomic mass is 19.4. The fourth-order valence-corrected chi connectivity index (χ4v) is 3.82. The van der Waals surface area contributed by atoms with Gasteiger partial charge in [-0.25, -0.2) is 0 Å². The van der Waals surface area contributed by atoms with Gasteiger partial charge in [0.25, 0.3) is 17.7 Å². The van der Waals surface area contributed by atoms with E-state index in [1.807, 2.05) is 0 Å². The van der Waals surface area contributed by atoms with E-state index in [1.54, 1.807) is 36.4 Å². The molecule has 6 nitrogen and oxygen atoms in total. The maximum atomic E-state index is 13.2. The molecule has 1 aliphatic rings. The summed E-state index contributed by atoms with van der Waals surface area (Å²) in [7, 11) is 0. The van der Waals surface area contributed by atoms with E-state index in [-0.39, 0.29) is 17.7 Å². The van der Waals surface area contributed by atoms with Gasteiger partial charge in [-0.2, -0.15) is 13.2 Å². The Morgan fingerprint density at radius 1 is 0.912 bits per heavy atom. The molecule has 1 heterocycles. The fraction of sp³-hybridized carbons (Fsp3) is 0.160. The van der Waals surface area contributed by atoms with Crippen molar-refractivity contribution in [2.24, 2.45) is 0 Å². The molecule has 3 amide bonds. The van der Waals surface area contributed by atoms with Gasteiger partial charge in [0.1, 0.15) is 0 Å². The van der Waals surface area contributed by atoms with Crippen LogP contribution in [0.1, 0.15) is 53.9 Å². The van der Waals surface area contributed by atoms with Crippen LogP contribution in [0.2, 0.25) is 0 Å². The summed E-state index contributed by atoms with van der Waals surface area (Å²) < 4.78 is 39.5. The fourth-order valence-electron chi connectivity index (χ4n) is 3.82. The molecule has 0 saturated heterocycles. The van der Waals surface area contributed by atoms with Crippen LogP contribution < -0.4 is 5.32 Å². The van der Waals surface area contributed by atoms with Crippen molar-refractivity contribution in [3.05, 3.63) is 106 Å². The van der Waals surface area contributed by atoms with Crippen LogP contribution in [-0.4, -0.2) is 34.3 Å². The van der Waals surface area contributed by atoms with Crippen LogP contribution in [0, 0.1) is 0 Å². The number of hydrogen-bond acceptors (Lipinski definition) is 4. The minimum atomic E-state index is -4.64. The van der Waals surface area contributed by atoms with E-state index in [0.717, 1.165) is 17.0 Å². The number of benzene rings is 3. The summed E-state index contributed by atoms with van der Waals surface area (Å²) in [6.07, 6.45) is -6.21. The van der Waals surface area contributed by atoms with Gasteiger partial charge in [-0.3, -0.25) is 19.3 Å². The molecule has 34 heavy (non-hydrogen) atoms. The van der Waals surface area contributed by atoms with E-state index < -0.39 is 42.1 Å². The zero-order valence-corrected chi connectivity index (χ0v) is 17.7. The Bertz CT molecular complexity index is 1240. The number of hydrogen-bond donors (Lipinski definition) is 2. The van der Waals surface area contributed by atoms with Crippen LogP contribution in [0.5, 0.6) is 0 Å². The molecule has 9 heteroatoms. The molecular weight excluding hydrogens is 449 g/mol. The maximum Gasteiger partial charge on any atom is 0.416 e. The average Bonchev–Trinajstić information content (AvgIpc) is 3.07. The number of aliphatic hydroxyl groups excluding tert-OH is 1. The van der Waals surface area contributed by atoms with Crippen molar-refractivity contribution in [1.82, 2.24) is 10.2 Å². The Labute approximate surface area is 192 Å². The molecule has 0 bridgehead atoms. The number of carbonyl (C=O) groups excluding carboxylic acids is 3. The highest BCUT2D eigenvalue weighted by Crippen LogP contribution is 2.34. The third-order valence-electron chi connectivity index (χ3n) is 5.49. The van der Waals surface area contributed by atoms with Gasteiger partial charge >= 0.3 is 6.18 Å². The third kappa shape index (κ3) is 4.55. The van der Waals surface area contributed by atoms with E-state index in [2.05, 4.69) is 5.32 Å². The number of carbonyl (C=O) groups is 3. The molecular formula is C25H19F3N2O4. The molecule has 0 spiro atoms. The van der Waals surface area contributed by atoms with Crippen LogP contribution in [0.25, 0.3) is 0 Å². The Kier molecular flexibility index (Phi) is 6.21. The van der Waals surface area contributed by atoms with Crippen molar-refractivity contribution in [1.29, 1.82) is 0 Å². The Hall–Kier alpha value is -3.98. The number of nitrogens with zero attached hydrogens (tertiary/aromatic N) is 1. The maximum absolute atomic E-state index is 13.2. The molecule has 0 aliphatic carbocycles. The first-order chi connectivity index (χ1) is 16.2. The summed E-state index contributed by atoms with van der Waals surface area (Å²) in [6, 6.07) is 17.3. The summed E-state index contributed by atoms with van der Waals surface area (Å²) in [5.74, 6) is -1.48. The van der Waals surface area contributed by atoms with E-state index in [9.17, 15) is 32.7 Å². The zero-order chi connectivity index (χ0) is 24.5. The quantitative estimate of drug-likeness (QED) is 0.536. The van der Waals surface area contributed by atoms with Crippen molar-refractivity contribution >= 4 is 17.7 Å². The first-order valence-corrected chi connectivity index (χ1v) is 10.3. The highest BCUT2D eigenvalue weighted by molar-refractivity contribution is 6.21. The minimum absolute atomic E-state index is 0.0466. The lowest BCUT2D eigenvalue weighted by molar-refractivity contribution is -0.139. The monoisotopic (exact) mass is 468 g/mol. The summed E-state index contributed by atoms with van der Waals surface area (Å²) in [5.41, 5.74) is 0.00829. The van der Waals surface area contributed by atoms with Gasteiger partial charge in [-0.05, 0) is 41.5 Å². The van der Waals surface area contributed by atoms with Crippen LogP contribution >= 0.6 is 0 Å². The van der Waals surface area contributed by atoms with Gasteiger partial charge in [0.2, 0.25) is 0 Å². The molecule has 3 aromatic rings. The van der Waals surface area contributed by atoms with E-state index in [0.29, 0.717) is 16.7 Å². The number of rotatable bonds is 6. The Morgan fingerprint density at radius 2 is 1.53 bits per heavy atom. The molecule has 0 aromatic heterocycles. The second-order valence-corrected chi connectivity index (χ2v) is 7.75. The predicted octanol–water partition coefficient (Wildman–Crippen LogP) is 3.97. The normalized spacial score (nSPS) is 14.2. The number of fused-ring (bicyclic) bond motifs is 1. The lowest BCUT2D eigenvalue weighted by atomic mass is 10.0. The second kappa shape index (κ2) is 9.11. The van der Waals surface area contributed by atoms with Crippen LogP contribution in [0.15, 0.2) is 72.8 Å². The molecule has 2 N–H and O–H groups in total. The predicted molar refractivity (Wildman–Crippen MR) is 116 cm³/mol. The number of halogens is 3. The van der Waals surface area contributed by atoms with E-state index in [4.69, 9.17) is 0 Å². The van der Waals surface area contributed by atoms with Gasteiger partial charge < -0.3 is 10.4 Å². The van der Waals surface area contributed by atoms with Gasteiger partial charge in [-0.15, -0.1) is 0 Å². The summed E-state index contributed by atoms with van der Waals surface area (Å²) in [4.78, 5) is 38.8. The molecule has 4 rings (SSSR count). The summed E-state index contributed by atoms with van der Waals surface area (Å²) in [5, 5.41) is 12.7. The van der Waals surface area contributed by atoms with Gasteiger partial charge in [0, 0.05) is 12.1 Å². The average molecular weight is 468 g/mol. The molecule has 0 radical (unpaired) electrons. The van der Waals surface area contributed by atoms with E-state index >= 15 is 0 Å². The number of alkyl halides is 3. The van der Waals surface area contributed by atoms with Crippen molar-refractivity contribution in [3.63, 3.8) is 0 Å². The van der Waals surface area contributed by atoms with Crippen LogP contribution in [-0.2, 0) is 12.7 Å². The SMILES string of the molecule is O=C(NCC(O)c1ccccc1C(F)(F)F)c1cccc(CN2C(=O)c3ccccc3C2=O)c1. The van der Waals surface area contributed by atoms with Gasteiger partial charge in [0.05, 0.1) is 29.3 Å². The van der Waals surface area contributed by atoms with Crippen LogP contribution in [0.3, 0.4) is 0 Å². The zero-order valence-electron chi connectivity index (χ0n) is 17.7. The second-order valence-electron chi connectivity index (χ2n) is 7.75. The van der Waals surface area contributed by atoms with Gasteiger partial charge in [0.15, 0.2) is 0 Å². The lowest BCUT2D eigenvalue weighted by Gasteiger charge is -2.18. The highest BCUT2D eigenvalue weighted by Gasteiger charge is 2.36. The first kappa shape index (κ1) is 23.2. The molecule has 3 aromatic carbocycles. The largest absolute Gasteiger partial charge is 0.416 e. The molecule has 174 valence electrons. The molecule has 1 unspecified atom stereocenters.